The standard InChI is InChI=1S/C12H16N2O2/c15-11-5-3-9(4-6-11)12(16)14-10-2-1-7-13-8-10/h3-6,10,13,15H,1-2,7-8H2,(H,14,16). The molecule has 0 radical (unpaired) electrons. The average Bonchev–Trinajstić information content (AvgIpc) is 2.31. The van der Waals surface area contributed by atoms with Gasteiger partial charge in [-0.05, 0) is 43.7 Å². The Morgan fingerprint density at radius 1 is 1.38 bits per heavy atom. The van der Waals surface area contributed by atoms with Gasteiger partial charge in [-0.15, -0.1) is 0 Å². The third kappa shape index (κ3) is 2.73. The van der Waals surface area contributed by atoms with Gasteiger partial charge < -0.3 is 15.7 Å². The first-order chi connectivity index (χ1) is 7.75. The molecule has 1 aliphatic heterocycles. The fourth-order valence-corrected chi connectivity index (χ4v) is 1.86. The molecule has 0 aromatic heterocycles. The minimum absolute atomic E-state index is 0.0753. The number of amides is 1. The molecule has 1 heterocycles. The number of aromatic hydroxyl groups is 1. The molecule has 1 atom stereocenters. The number of hydrogen-bond donors (Lipinski definition) is 3. The van der Waals surface area contributed by atoms with E-state index in [0.29, 0.717) is 5.56 Å². The van der Waals surface area contributed by atoms with Crippen LogP contribution >= 0.6 is 0 Å². The van der Waals surface area contributed by atoms with Crippen molar-refractivity contribution in [3.63, 3.8) is 0 Å². The summed E-state index contributed by atoms with van der Waals surface area (Å²) in [6.45, 7) is 1.87. The molecule has 2 rings (SSSR count). The average molecular weight is 220 g/mol. The van der Waals surface area contributed by atoms with E-state index in [-0.39, 0.29) is 17.7 Å². The Balaban J connectivity index is 1.94. The third-order valence-corrected chi connectivity index (χ3v) is 2.76. The Morgan fingerprint density at radius 2 is 2.12 bits per heavy atom. The lowest BCUT2D eigenvalue weighted by molar-refractivity contribution is 0.0930. The maximum absolute atomic E-state index is 11.8. The van der Waals surface area contributed by atoms with Gasteiger partial charge in [-0.3, -0.25) is 4.79 Å². The molecule has 3 N–H and O–H groups in total. The highest BCUT2D eigenvalue weighted by Crippen LogP contribution is 2.10. The summed E-state index contributed by atoms with van der Waals surface area (Å²) in [6, 6.07) is 6.51. The van der Waals surface area contributed by atoms with Gasteiger partial charge in [0.2, 0.25) is 0 Å². The van der Waals surface area contributed by atoms with Crippen LogP contribution in [0.25, 0.3) is 0 Å². The van der Waals surface area contributed by atoms with Gasteiger partial charge in [0.1, 0.15) is 5.75 Å². The van der Waals surface area contributed by atoms with Crippen molar-refractivity contribution in [2.75, 3.05) is 13.1 Å². The van der Waals surface area contributed by atoms with E-state index in [1.54, 1.807) is 12.1 Å². The number of benzene rings is 1. The first kappa shape index (κ1) is 11.0. The molecule has 4 heteroatoms. The topological polar surface area (TPSA) is 61.4 Å². The van der Waals surface area contributed by atoms with Gasteiger partial charge in [-0.1, -0.05) is 0 Å². The Labute approximate surface area is 94.7 Å². The van der Waals surface area contributed by atoms with Crippen molar-refractivity contribution >= 4 is 5.91 Å². The van der Waals surface area contributed by atoms with Crippen LogP contribution in [0, 0.1) is 0 Å². The predicted octanol–water partition coefficient (Wildman–Crippen LogP) is 0.874. The highest BCUT2D eigenvalue weighted by Gasteiger charge is 2.15. The van der Waals surface area contributed by atoms with Crippen molar-refractivity contribution in [3.8, 4) is 5.75 Å². The van der Waals surface area contributed by atoms with Gasteiger partial charge in [0.25, 0.3) is 5.91 Å². The summed E-state index contributed by atoms with van der Waals surface area (Å²) in [5.41, 5.74) is 0.586. The molecule has 1 aliphatic rings. The van der Waals surface area contributed by atoms with E-state index >= 15 is 0 Å². The number of hydrogen-bond acceptors (Lipinski definition) is 3. The SMILES string of the molecule is O=C(NC1CCCNC1)c1ccc(O)cc1. The molecule has 16 heavy (non-hydrogen) atoms. The lowest BCUT2D eigenvalue weighted by atomic mass is 10.1. The van der Waals surface area contributed by atoms with Crippen molar-refractivity contribution in [2.24, 2.45) is 0 Å². The van der Waals surface area contributed by atoms with Gasteiger partial charge in [0, 0.05) is 18.2 Å². The smallest absolute Gasteiger partial charge is 0.251 e. The molecule has 1 fully saturated rings. The van der Waals surface area contributed by atoms with Gasteiger partial charge in [0.05, 0.1) is 0 Å². The Hall–Kier alpha value is -1.55. The van der Waals surface area contributed by atoms with E-state index in [4.69, 9.17) is 5.11 Å². The fraction of sp³-hybridized carbons (Fsp3) is 0.417. The highest BCUT2D eigenvalue weighted by molar-refractivity contribution is 5.94. The molecule has 1 amide bonds. The number of nitrogens with one attached hydrogen (secondary N) is 2. The number of carbonyl (C=O) groups excluding carboxylic acids is 1. The molecule has 0 bridgehead atoms. The maximum atomic E-state index is 11.8. The fourth-order valence-electron chi connectivity index (χ4n) is 1.86. The number of piperidine rings is 1. The quantitative estimate of drug-likeness (QED) is 0.693. The summed E-state index contributed by atoms with van der Waals surface area (Å²) in [5.74, 6) is 0.101. The van der Waals surface area contributed by atoms with Crippen LogP contribution < -0.4 is 10.6 Å². The monoisotopic (exact) mass is 220 g/mol. The van der Waals surface area contributed by atoms with Crippen LogP contribution in [0.4, 0.5) is 0 Å². The molecule has 4 nitrogen and oxygen atoms in total. The van der Waals surface area contributed by atoms with Crippen LogP contribution in [0.1, 0.15) is 23.2 Å². The molecule has 86 valence electrons. The first-order valence-electron chi connectivity index (χ1n) is 5.56. The maximum Gasteiger partial charge on any atom is 0.251 e. The number of carbonyl (C=O) groups is 1. The second-order valence-corrected chi connectivity index (χ2v) is 4.06. The molecular weight excluding hydrogens is 204 g/mol. The summed E-state index contributed by atoms with van der Waals surface area (Å²) in [5, 5.41) is 15.3. The minimum atomic E-state index is -0.0753. The molecule has 1 unspecified atom stereocenters. The lowest BCUT2D eigenvalue weighted by Crippen LogP contribution is -2.45. The minimum Gasteiger partial charge on any atom is -0.508 e. The highest BCUT2D eigenvalue weighted by atomic mass is 16.3. The Morgan fingerprint density at radius 3 is 2.75 bits per heavy atom. The molecule has 1 saturated heterocycles. The summed E-state index contributed by atoms with van der Waals surface area (Å²) >= 11 is 0. The Bertz CT molecular complexity index is 356. The van der Waals surface area contributed by atoms with Gasteiger partial charge in [-0.2, -0.15) is 0 Å². The number of phenols is 1. The normalized spacial score (nSPS) is 20.4. The van der Waals surface area contributed by atoms with Crippen LogP contribution in [-0.2, 0) is 0 Å². The summed E-state index contributed by atoms with van der Waals surface area (Å²) < 4.78 is 0. The zero-order valence-electron chi connectivity index (χ0n) is 9.07. The summed E-state index contributed by atoms with van der Waals surface area (Å²) in [7, 11) is 0. The van der Waals surface area contributed by atoms with Crippen LogP contribution in [0.15, 0.2) is 24.3 Å². The van der Waals surface area contributed by atoms with Gasteiger partial charge in [0.15, 0.2) is 0 Å². The second kappa shape index (κ2) is 4.99. The molecule has 0 saturated carbocycles. The van der Waals surface area contributed by atoms with Gasteiger partial charge in [-0.25, -0.2) is 0 Å². The molecular formula is C12H16N2O2. The molecule has 1 aromatic carbocycles. The Kier molecular flexibility index (Phi) is 3.41. The summed E-state index contributed by atoms with van der Waals surface area (Å²) in [4.78, 5) is 11.8. The van der Waals surface area contributed by atoms with Crippen molar-refractivity contribution in [3.05, 3.63) is 29.8 Å². The molecule has 0 spiro atoms. The van der Waals surface area contributed by atoms with Crippen LogP contribution in [0.2, 0.25) is 0 Å². The third-order valence-electron chi connectivity index (χ3n) is 2.76. The van der Waals surface area contributed by atoms with E-state index in [0.717, 1.165) is 25.9 Å². The van der Waals surface area contributed by atoms with Gasteiger partial charge >= 0.3 is 0 Å². The number of phenolic OH excluding ortho intramolecular Hbond substituents is 1. The van der Waals surface area contributed by atoms with Crippen LogP contribution in [0.5, 0.6) is 5.75 Å². The van der Waals surface area contributed by atoms with Crippen molar-refractivity contribution in [1.29, 1.82) is 0 Å². The second-order valence-electron chi connectivity index (χ2n) is 4.06. The van der Waals surface area contributed by atoms with E-state index in [1.807, 2.05) is 0 Å². The van der Waals surface area contributed by atoms with Crippen molar-refractivity contribution in [1.82, 2.24) is 10.6 Å². The zero-order chi connectivity index (χ0) is 11.4. The van der Waals surface area contributed by atoms with Crippen LogP contribution in [-0.4, -0.2) is 30.1 Å². The first-order valence-corrected chi connectivity index (χ1v) is 5.56. The van der Waals surface area contributed by atoms with Crippen molar-refractivity contribution in [2.45, 2.75) is 18.9 Å². The van der Waals surface area contributed by atoms with Crippen LogP contribution in [0.3, 0.4) is 0 Å². The van der Waals surface area contributed by atoms with Crippen molar-refractivity contribution < 1.29 is 9.90 Å². The van der Waals surface area contributed by atoms with E-state index in [2.05, 4.69) is 10.6 Å². The zero-order valence-corrected chi connectivity index (χ0v) is 9.07. The van der Waals surface area contributed by atoms with E-state index in [1.165, 1.54) is 12.1 Å². The van der Waals surface area contributed by atoms with E-state index < -0.39 is 0 Å². The number of rotatable bonds is 2. The summed E-state index contributed by atoms with van der Waals surface area (Å²) in [6.07, 6.45) is 2.12. The molecule has 1 aromatic rings. The van der Waals surface area contributed by atoms with E-state index in [9.17, 15) is 4.79 Å². The largest absolute Gasteiger partial charge is 0.508 e. The predicted molar refractivity (Wildman–Crippen MR) is 61.5 cm³/mol. The lowest BCUT2D eigenvalue weighted by Gasteiger charge is -2.23. The molecule has 0 aliphatic carbocycles.